The van der Waals surface area contributed by atoms with Gasteiger partial charge in [0.1, 0.15) is 5.75 Å². The Morgan fingerprint density at radius 3 is 2.37 bits per heavy atom. The maximum atomic E-state index is 11.7. The molecule has 0 saturated heterocycles. The van der Waals surface area contributed by atoms with Gasteiger partial charge in [0, 0.05) is 0 Å². The zero-order chi connectivity index (χ0) is 13.8. The Bertz CT molecular complexity index is 627. The van der Waals surface area contributed by atoms with E-state index in [1.165, 1.54) is 12.1 Å². The van der Waals surface area contributed by atoms with Crippen LogP contribution in [0.1, 0.15) is 20.0 Å². The summed E-state index contributed by atoms with van der Waals surface area (Å²) in [7, 11) is 0. The molecule has 0 bridgehead atoms. The van der Waals surface area contributed by atoms with Crippen molar-refractivity contribution in [3.05, 3.63) is 51.2 Å². The van der Waals surface area contributed by atoms with Crippen molar-refractivity contribution in [1.82, 2.24) is 10.9 Å². The highest BCUT2D eigenvalue weighted by Gasteiger charge is 2.13. The molecule has 1 aromatic carbocycles. The zero-order valence-electron chi connectivity index (χ0n) is 9.51. The molecule has 0 aliphatic rings. The van der Waals surface area contributed by atoms with Crippen molar-refractivity contribution >= 4 is 34.8 Å². The number of carbonyl (C=O) groups is 2. The Kier molecular flexibility index (Phi) is 4.03. The van der Waals surface area contributed by atoms with Gasteiger partial charge in [-0.05, 0) is 24.3 Å². The summed E-state index contributed by atoms with van der Waals surface area (Å²) in [5.41, 5.74) is 4.53. The average Bonchev–Trinajstić information content (AvgIpc) is 2.83. The molecular weight excluding hydrogens is 288 g/mol. The lowest BCUT2D eigenvalue weighted by Crippen LogP contribution is -2.41. The van der Waals surface area contributed by atoms with Gasteiger partial charge in [-0.15, -0.1) is 11.3 Å². The van der Waals surface area contributed by atoms with Gasteiger partial charge in [0.2, 0.25) is 0 Å². The zero-order valence-corrected chi connectivity index (χ0v) is 11.1. The summed E-state index contributed by atoms with van der Waals surface area (Å²) in [6.07, 6.45) is 0. The third-order valence-corrected chi connectivity index (χ3v) is 3.47. The van der Waals surface area contributed by atoms with Crippen LogP contribution in [0, 0.1) is 0 Å². The molecule has 0 spiro atoms. The molecule has 0 atom stereocenters. The summed E-state index contributed by atoms with van der Waals surface area (Å²) >= 11 is 6.80. The number of hydrogen-bond donors (Lipinski definition) is 3. The summed E-state index contributed by atoms with van der Waals surface area (Å²) < 4.78 is 0.484. The van der Waals surface area contributed by atoms with E-state index in [-0.39, 0.29) is 11.3 Å². The second-order valence-corrected chi connectivity index (χ2v) is 5.24. The number of thiophene rings is 1. The Balaban J connectivity index is 1.98. The first kappa shape index (κ1) is 13.4. The van der Waals surface area contributed by atoms with Gasteiger partial charge >= 0.3 is 0 Å². The predicted octanol–water partition coefficient (Wildman–Crippen LogP) is 2.18. The lowest BCUT2D eigenvalue weighted by atomic mass is 10.2. The van der Waals surface area contributed by atoms with Crippen LogP contribution in [-0.2, 0) is 0 Å². The summed E-state index contributed by atoms with van der Waals surface area (Å²) in [6.45, 7) is 0. The fraction of sp³-hybridized carbons (Fsp3) is 0. The fourth-order valence-corrected chi connectivity index (χ4v) is 2.28. The van der Waals surface area contributed by atoms with E-state index in [0.717, 1.165) is 11.3 Å². The van der Waals surface area contributed by atoms with E-state index in [2.05, 4.69) is 10.9 Å². The normalized spacial score (nSPS) is 9.95. The van der Waals surface area contributed by atoms with E-state index in [1.807, 2.05) is 0 Å². The molecule has 1 aromatic heterocycles. The number of hydrogen-bond acceptors (Lipinski definition) is 4. The SMILES string of the molecule is O=C(NNC(=O)c1ccccc1O)c1ccc(Cl)s1. The molecule has 2 amide bonds. The maximum Gasteiger partial charge on any atom is 0.279 e. The van der Waals surface area contributed by atoms with E-state index >= 15 is 0 Å². The number of benzene rings is 1. The highest BCUT2D eigenvalue weighted by molar-refractivity contribution is 7.17. The molecule has 2 rings (SSSR count). The van der Waals surface area contributed by atoms with Gasteiger partial charge in [-0.2, -0.15) is 0 Å². The van der Waals surface area contributed by atoms with Crippen molar-refractivity contribution < 1.29 is 14.7 Å². The van der Waals surface area contributed by atoms with Gasteiger partial charge < -0.3 is 5.11 Å². The maximum absolute atomic E-state index is 11.7. The standard InChI is InChI=1S/C12H9ClN2O3S/c13-10-6-5-9(19-10)12(18)15-14-11(17)7-3-1-2-4-8(7)16/h1-6,16H,(H,14,17)(H,15,18). The van der Waals surface area contributed by atoms with Crippen LogP contribution in [0.3, 0.4) is 0 Å². The topological polar surface area (TPSA) is 78.4 Å². The van der Waals surface area contributed by atoms with Crippen molar-refractivity contribution in [2.75, 3.05) is 0 Å². The number of aromatic hydroxyl groups is 1. The van der Waals surface area contributed by atoms with Crippen LogP contribution < -0.4 is 10.9 Å². The first-order valence-corrected chi connectivity index (χ1v) is 6.41. The molecule has 2 aromatic rings. The molecule has 0 aliphatic heterocycles. The highest BCUT2D eigenvalue weighted by atomic mass is 35.5. The van der Waals surface area contributed by atoms with Gasteiger partial charge in [0.15, 0.2) is 0 Å². The minimum atomic E-state index is -0.603. The summed E-state index contributed by atoms with van der Waals surface area (Å²) in [5.74, 6) is -1.23. The van der Waals surface area contributed by atoms with E-state index in [9.17, 15) is 14.7 Å². The lowest BCUT2D eigenvalue weighted by Gasteiger charge is -2.07. The number of phenols is 1. The van der Waals surface area contributed by atoms with Gasteiger partial charge in [0.05, 0.1) is 14.8 Å². The molecule has 1 heterocycles. The molecular formula is C12H9ClN2O3S. The average molecular weight is 297 g/mol. The highest BCUT2D eigenvalue weighted by Crippen LogP contribution is 2.21. The molecule has 0 unspecified atom stereocenters. The third kappa shape index (κ3) is 3.24. The Hall–Kier alpha value is -2.05. The van der Waals surface area contributed by atoms with Crippen LogP contribution in [0.25, 0.3) is 0 Å². The molecule has 0 aliphatic carbocycles. The minimum Gasteiger partial charge on any atom is -0.507 e. The van der Waals surface area contributed by atoms with Crippen molar-refractivity contribution in [1.29, 1.82) is 0 Å². The molecule has 0 radical (unpaired) electrons. The molecule has 0 fully saturated rings. The Morgan fingerprint density at radius 2 is 1.74 bits per heavy atom. The van der Waals surface area contributed by atoms with Crippen LogP contribution in [0.15, 0.2) is 36.4 Å². The number of carbonyl (C=O) groups excluding carboxylic acids is 2. The van der Waals surface area contributed by atoms with Gasteiger partial charge in [0.25, 0.3) is 11.8 Å². The Morgan fingerprint density at radius 1 is 1.05 bits per heavy atom. The number of halogens is 1. The number of amides is 2. The van der Waals surface area contributed by atoms with Gasteiger partial charge in [-0.1, -0.05) is 23.7 Å². The van der Waals surface area contributed by atoms with Crippen molar-refractivity contribution in [3.63, 3.8) is 0 Å². The van der Waals surface area contributed by atoms with E-state index in [4.69, 9.17) is 11.6 Å². The largest absolute Gasteiger partial charge is 0.507 e. The molecule has 98 valence electrons. The second kappa shape index (κ2) is 5.73. The lowest BCUT2D eigenvalue weighted by molar-refractivity contribution is 0.0847. The van der Waals surface area contributed by atoms with Crippen LogP contribution in [0.4, 0.5) is 0 Å². The van der Waals surface area contributed by atoms with E-state index < -0.39 is 11.8 Å². The van der Waals surface area contributed by atoms with Gasteiger partial charge in [-0.3, -0.25) is 20.4 Å². The third-order valence-electron chi connectivity index (χ3n) is 2.24. The van der Waals surface area contributed by atoms with Gasteiger partial charge in [-0.25, -0.2) is 0 Å². The monoisotopic (exact) mass is 296 g/mol. The quantitative estimate of drug-likeness (QED) is 0.743. The van der Waals surface area contributed by atoms with E-state index in [1.54, 1.807) is 24.3 Å². The number of para-hydroxylation sites is 1. The molecule has 7 heteroatoms. The first-order valence-electron chi connectivity index (χ1n) is 5.22. The number of hydrazine groups is 1. The first-order chi connectivity index (χ1) is 9.08. The smallest absolute Gasteiger partial charge is 0.279 e. The molecule has 19 heavy (non-hydrogen) atoms. The summed E-state index contributed by atoms with van der Waals surface area (Å²) in [5, 5.41) is 9.48. The second-order valence-electron chi connectivity index (χ2n) is 3.53. The van der Waals surface area contributed by atoms with Crippen LogP contribution in [0.5, 0.6) is 5.75 Å². The number of rotatable bonds is 2. The number of phenolic OH excluding ortho intramolecular Hbond substituents is 1. The van der Waals surface area contributed by atoms with E-state index in [0.29, 0.717) is 9.21 Å². The number of nitrogens with one attached hydrogen (secondary N) is 2. The molecule has 0 saturated carbocycles. The van der Waals surface area contributed by atoms with Crippen LogP contribution in [-0.4, -0.2) is 16.9 Å². The molecule has 3 N–H and O–H groups in total. The molecule has 5 nitrogen and oxygen atoms in total. The van der Waals surface area contributed by atoms with Crippen LogP contribution >= 0.6 is 22.9 Å². The van der Waals surface area contributed by atoms with Crippen LogP contribution in [0.2, 0.25) is 4.34 Å². The predicted molar refractivity (Wildman–Crippen MR) is 72.4 cm³/mol. The van der Waals surface area contributed by atoms with Crippen molar-refractivity contribution in [3.8, 4) is 5.75 Å². The van der Waals surface area contributed by atoms with Crippen molar-refractivity contribution in [2.45, 2.75) is 0 Å². The van der Waals surface area contributed by atoms with Crippen molar-refractivity contribution in [2.24, 2.45) is 0 Å². The summed E-state index contributed by atoms with van der Waals surface area (Å²) in [6, 6.07) is 9.17. The fourth-order valence-electron chi connectivity index (χ4n) is 1.34. The Labute approximate surface area is 117 Å². The summed E-state index contributed by atoms with van der Waals surface area (Å²) in [4.78, 5) is 23.7. The minimum absolute atomic E-state index is 0.0759.